The highest BCUT2D eigenvalue weighted by Crippen LogP contribution is 2.26. The summed E-state index contributed by atoms with van der Waals surface area (Å²) in [4.78, 5) is 12.4. The summed E-state index contributed by atoms with van der Waals surface area (Å²) in [5, 5.41) is 6.23. The van der Waals surface area contributed by atoms with Crippen molar-refractivity contribution in [2.45, 2.75) is 11.1 Å². The lowest BCUT2D eigenvalue weighted by Crippen LogP contribution is -2.40. The SMILES string of the molecule is Cc1cc(NC(=O)c2ccc(S(=O)(=O)N3CCOCC3)s2)no1. The van der Waals surface area contributed by atoms with E-state index in [1.165, 1.54) is 16.4 Å². The fraction of sp³-hybridized carbons (Fsp3) is 0.385. The maximum absolute atomic E-state index is 12.5. The first-order valence-electron chi connectivity index (χ1n) is 6.89. The summed E-state index contributed by atoms with van der Waals surface area (Å²) in [6.45, 7) is 3.10. The van der Waals surface area contributed by atoms with Crippen molar-refractivity contribution in [3.8, 4) is 0 Å². The first-order valence-corrected chi connectivity index (χ1v) is 9.15. The largest absolute Gasteiger partial charge is 0.379 e. The molecule has 0 aromatic carbocycles. The molecule has 10 heteroatoms. The van der Waals surface area contributed by atoms with Gasteiger partial charge < -0.3 is 14.6 Å². The van der Waals surface area contributed by atoms with Gasteiger partial charge >= 0.3 is 0 Å². The lowest BCUT2D eigenvalue weighted by Gasteiger charge is -2.25. The molecule has 1 saturated heterocycles. The van der Waals surface area contributed by atoms with Gasteiger partial charge in [0, 0.05) is 19.2 Å². The monoisotopic (exact) mass is 357 g/mol. The number of carbonyl (C=O) groups is 1. The van der Waals surface area contributed by atoms with E-state index in [1.807, 2.05) is 0 Å². The number of rotatable bonds is 4. The van der Waals surface area contributed by atoms with E-state index < -0.39 is 15.9 Å². The van der Waals surface area contributed by atoms with E-state index in [9.17, 15) is 13.2 Å². The van der Waals surface area contributed by atoms with E-state index in [2.05, 4.69) is 10.5 Å². The molecule has 2 aromatic heterocycles. The van der Waals surface area contributed by atoms with Crippen LogP contribution in [0.25, 0.3) is 0 Å². The van der Waals surface area contributed by atoms with Gasteiger partial charge in [0.1, 0.15) is 9.97 Å². The van der Waals surface area contributed by atoms with Crippen LogP contribution in [-0.2, 0) is 14.8 Å². The van der Waals surface area contributed by atoms with Gasteiger partial charge in [0.25, 0.3) is 15.9 Å². The summed E-state index contributed by atoms with van der Waals surface area (Å²) in [5.41, 5.74) is 0. The topological polar surface area (TPSA) is 102 Å². The van der Waals surface area contributed by atoms with Crippen LogP contribution < -0.4 is 5.32 Å². The lowest BCUT2D eigenvalue weighted by atomic mass is 10.4. The Hall–Kier alpha value is -1.75. The molecule has 1 fully saturated rings. The molecule has 23 heavy (non-hydrogen) atoms. The Labute approximate surface area is 137 Å². The second-order valence-electron chi connectivity index (χ2n) is 4.91. The zero-order chi connectivity index (χ0) is 16.4. The number of thiophene rings is 1. The smallest absolute Gasteiger partial charge is 0.267 e. The minimum Gasteiger partial charge on any atom is -0.379 e. The number of sulfonamides is 1. The highest BCUT2D eigenvalue weighted by molar-refractivity contribution is 7.91. The van der Waals surface area contributed by atoms with Crippen LogP contribution in [-0.4, -0.2) is 50.1 Å². The number of nitrogens with one attached hydrogen (secondary N) is 1. The summed E-state index contributed by atoms with van der Waals surface area (Å²) in [6, 6.07) is 4.51. The molecule has 0 saturated carbocycles. The van der Waals surface area contributed by atoms with Crippen molar-refractivity contribution in [3.63, 3.8) is 0 Å². The summed E-state index contributed by atoms with van der Waals surface area (Å²) < 4.78 is 36.5. The van der Waals surface area contributed by atoms with Crippen LogP contribution in [0, 0.1) is 6.92 Å². The van der Waals surface area contributed by atoms with Crippen molar-refractivity contribution in [1.82, 2.24) is 9.46 Å². The molecule has 1 N–H and O–H groups in total. The number of amides is 1. The normalized spacial score (nSPS) is 16.4. The van der Waals surface area contributed by atoms with E-state index in [0.717, 1.165) is 11.3 Å². The number of carbonyl (C=O) groups excluding carboxylic acids is 1. The quantitative estimate of drug-likeness (QED) is 0.885. The average Bonchev–Trinajstić information content (AvgIpc) is 3.18. The Kier molecular flexibility index (Phi) is 4.48. The van der Waals surface area contributed by atoms with Crippen LogP contribution in [0.1, 0.15) is 15.4 Å². The van der Waals surface area contributed by atoms with Gasteiger partial charge in [0.2, 0.25) is 0 Å². The third-order valence-corrected chi connectivity index (χ3v) is 6.69. The van der Waals surface area contributed by atoms with Crippen LogP contribution in [0.2, 0.25) is 0 Å². The molecular formula is C13H15N3O5S2. The highest BCUT2D eigenvalue weighted by Gasteiger charge is 2.28. The van der Waals surface area contributed by atoms with Crippen LogP contribution >= 0.6 is 11.3 Å². The minimum absolute atomic E-state index is 0.140. The van der Waals surface area contributed by atoms with Gasteiger partial charge in [0.05, 0.1) is 18.1 Å². The minimum atomic E-state index is -3.59. The third kappa shape index (κ3) is 3.44. The van der Waals surface area contributed by atoms with Gasteiger partial charge in [0.15, 0.2) is 5.82 Å². The van der Waals surface area contributed by atoms with Gasteiger partial charge in [-0.25, -0.2) is 8.42 Å². The number of ether oxygens (including phenoxy) is 1. The fourth-order valence-electron chi connectivity index (χ4n) is 2.10. The van der Waals surface area contributed by atoms with E-state index in [-0.39, 0.29) is 9.09 Å². The molecule has 1 aliphatic heterocycles. The molecule has 3 rings (SSSR count). The van der Waals surface area contributed by atoms with Crippen LogP contribution in [0.4, 0.5) is 5.82 Å². The Morgan fingerprint density at radius 2 is 2.09 bits per heavy atom. The molecule has 0 spiro atoms. The lowest BCUT2D eigenvalue weighted by molar-refractivity contribution is 0.0731. The molecule has 3 heterocycles. The Balaban J connectivity index is 1.75. The molecule has 0 bridgehead atoms. The van der Waals surface area contributed by atoms with Crippen LogP contribution in [0.5, 0.6) is 0 Å². The summed E-state index contributed by atoms with van der Waals surface area (Å²) in [6.07, 6.45) is 0. The Morgan fingerprint density at radius 3 is 2.74 bits per heavy atom. The average molecular weight is 357 g/mol. The van der Waals surface area contributed by atoms with Crippen LogP contribution in [0.3, 0.4) is 0 Å². The number of anilines is 1. The molecule has 0 atom stereocenters. The van der Waals surface area contributed by atoms with E-state index in [0.29, 0.717) is 37.9 Å². The molecule has 0 aliphatic carbocycles. The van der Waals surface area contributed by atoms with Crippen molar-refractivity contribution >= 4 is 33.1 Å². The predicted octanol–water partition coefficient (Wildman–Crippen LogP) is 1.32. The number of nitrogens with zero attached hydrogens (tertiary/aromatic N) is 2. The van der Waals surface area contributed by atoms with Gasteiger partial charge in [-0.2, -0.15) is 4.31 Å². The van der Waals surface area contributed by atoms with Gasteiger partial charge in [-0.15, -0.1) is 11.3 Å². The van der Waals surface area contributed by atoms with Crippen molar-refractivity contribution < 1.29 is 22.5 Å². The second kappa shape index (κ2) is 6.40. The Bertz CT molecular complexity index is 805. The van der Waals surface area contributed by atoms with Crippen molar-refractivity contribution in [2.75, 3.05) is 31.6 Å². The van der Waals surface area contributed by atoms with Crippen molar-refractivity contribution in [2.24, 2.45) is 0 Å². The molecule has 2 aromatic rings. The standard InChI is InChI=1S/C13H15N3O5S2/c1-9-8-11(15-21-9)14-13(17)10-2-3-12(22-10)23(18,19)16-4-6-20-7-5-16/h2-3,8H,4-7H2,1H3,(H,14,15,17). The zero-order valence-electron chi connectivity index (χ0n) is 12.3. The first kappa shape index (κ1) is 16.1. The number of hydrogen-bond donors (Lipinski definition) is 1. The van der Waals surface area contributed by atoms with E-state index in [1.54, 1.807) is 13.0 Å². The predicted molar refractivity (Wildman–Crippen MR) is 83.1 cm³/mol. The van der Waals surface area contributed by atoms with E-state index >= 15 is 0 Å². The maximum Gasteiger partial charge on any atom is 0.267 e. The maximum atomic E-state index is 12.5. The molecule has 124 valence electrons. The molecule has 8 nitrogen and oxygen atoms in total. The summed E-state index contributed by atoms with van der Waals surface area (Å²) in [5.74, 6) is 0.437. The van der Waals surface area contributed by atoms with Gasteiger partial charge in [-0.05, 0) is 19.1 Å². The molecule has 1 aliphatic rings. The van der Waals surface area contributed by atoms with Gasteiger partial charge in [-0.3, -0.25) is 4.79 Å². The fourth-order valence-corrected chi connectivity index (χ4v) is 4.86. The highest BCUT2D eigenvalue weighted by atomic mass is 32.2. The molecule has 0 radical (unpaired) electrons. The first-order chi connectivity index (χ1) is 11.0. The number of morpholine rings is 1. The summed E-state index contributed by atoms with van der Waals surface area (Å²) >= 11 is 0.927. The van der Waals surface area contributed by atoms with Crippen LogP contribution in [0.15, 0.2) is 26.9 Å². The van der Waals surface area contributed by atoms with Gasteiger partial charge in [-0.1, -0.05) is 5.16 Å². The number of aryl methyl sites for hydroxylation is 1. The van der Waals surface area contributed by atoms with Crippen molar-refractivity contribution in [3.05, 3.63) is 28.8 Å². The molecular weight excluding hydrogens is 342 g/mol. The second-order valence-corrected chi connectivity index (χ2v) is 8.16. The number of hydrogen-bond acceptors (Lipinski definition) is 7. The van der Waals surface area contributed by atoms with E-state index in [4.69, 9.17) is 9.26 Å². The Morgan fingerprint density at radius 1 is 1.35 bits per heavy atom. The molecule has 1 amide bonds. The zero-order valence-corrected chi connectivity index (χ0v) is 13.9. The third-order valence-electron chi connectivity index (χ3n) is 3.24. The summed E-state index contributed by atoms with van der Waals surface area (Å²) in [7, 11) is -3.59. The number of aromatic nitrogens is 1. The molecule has 0 unspecified atom stereocenters. The van der Waals surface area contributed by atoms with Crippen molar-refractivity contribution in [1.29, 1.82) is 0 Å².